The number of likely N-dealkylation sites (tertiary alicyclic amines) is 1. The van der Waals surface area contributed by atoms with Gasteiger partial charge in [-0.3, -0.25) is 5.41 Å². The fourth-order valence-electron chi connectivity index (χ4n) is 2.56. The maximum Gasteiger partial charge on any atom is 0.190 e. The molecule has 0 bridgehead atoms. The number of ether oxygens (including phenoxy) is 1. The molecule has 0 amide bonds. The lowest BCUT2D eigenvalue weighted by Gasteiger charge is -2.39. The van der Waals surface area contributed by atoms with Gasteiger partial charge < -0.3 is 21.1 Å². The van der Waals surface area contributed by atoms with Crippen molar-refractivity contribution in [1.29, 1.82) is 5.41 Å². The molecule has 0 unspecified atom stereocenters. The molecule has 0 aromatic rings. The highest BCUT2D eigenvalue weighted by Gasteiger charge is 2.30. The van der Waals surface area contributed by atoms with Crippen LogP contribution in [0.5, 0.6) is 0 Å². The largest absolute Gasteiger partial charge is 0.370 e. The van der Waals surface area contributed by atoms with E-state index >= 15 is 0 Å². The summed E-state index contributed by atoms with van der Waals surface area (Å²) in [4.78, 5) is 1.78. The molecule has 1 saturated heterocycles. The van der Waals surface area contributed by atoms with Crippen molar-refractivity contribution in [2.75, 3.05) is 13.2 Å². The van der Waals surface area contributed by atoms with Gasteiger partial charge in [0.25, 0.3) is 0 Å². The Balaban J connectivity index is 2.19. The Kier molecular flexibility index (Phi) is 7.82. The summed E-state index contributed by atoms with van der Waals surface area (Å²) < 4.78 is 5.86. The van der Waals surface area contributed by atoms with Gasteiger partial charge in [0.1, 0.15) is 6.23 Å². The standard InChI is InChI=1S/C14H30N4O/c1-2-3-4-5-6-7-11-19-13-12(15)9-8-10-18(13)14(16)17/h12-13H,2-11,15H2,1H3,(H3,16,17)/t12-,13+/m0/s1. The summed E-state index contributed by atoms with van der Waals surface area (Å²) in [6.45, 7) is 3.72. The van der Waals surface area contributed by atoms with E-state index in [9.17, 15) is 0 Å². The number of guanidine groups is 1. The molecule has 2 atom stereocenters. The van der Waals surface area contributed by atoms with Crippen molar-refractivity contribution in [3.63, 3.8) is 0 Å². The van der Waals surface area contributed by atoms with Crippen molar-refractivity contribution in [2.45, 2.75) is 70.6 Å². The van der Waals surface area contributed by atoms with Crippen LogP contribution in [0.3, 0.4) is 0 Å². The molecule has 5 nitrogen and oxygen atoms in total. The summed E-state index contributed by atoms with van der Waals surface area (Å²) in [6, 6.07) is -0.0299. The van der Waals surface area contributed by atoms with Crippen LogP contribution >= 0.6 is 0 Å². The lowest BCUT2D eigenvalue weighted by atomic mass is 10.0. The van der Waals surface area contributed by atoms with Gasteiger partial charge >= 0.3 is 0 Å². The van der Waals surface area contributed by atoms with Gasteiger partial charge in [-0.05, 0) is 19.3 Å². The molecule has 1 aliphatic heterocycles. The van der Waals surface area contributed by atoms with Gasteiger partial charge in [0.2, 0.25) is 0 Å². The Hall–Kier alpha value is -0.810. The van der Waals surface area contributed by atoms with Gasteiger partial charge in [-0.15, -0.1) is 0 Å². The summed E-state index contributed by atoms with van der Waals surface area (Å²) in [5.41, 5.74) is 11.6. The maximum absolute atomic E-state index is 7.57. The fourth-order valence-corrected chi connectivity index (χ4v) is 2.56. The van der Waals surface area contributed by atoms with E-state index in [0.717, 1.165) is 25.8 Å². The first-order chi connectivity index (χ1) is 9.16. The van der Waals surface area contributed by atoms with Crippen LogP contribution in [-0.2, 0) is 4.74 Å². The number of nitrogens with one attached hydrogen (secondary N) is 1. The summed E-state index contributed by atoms with van der Waals surface area (Å²) in [5.74, 6) is 0.0723. The topological polar surface area (TPSA) is 88.4 Å². The van der Waals surface area contributed by atoms with E-state index in [0.29, 0.717) is 6.61 Å². The molecule has 19 heavy (non-hydrogen) atoms. The van der Waals surface area contributed by atoms with Crippen LogP contribution in [0.1, 0.15) is 58.3 Å². The third-order valence-corrected chi connectivity index (χ3v) is 3.71. The normalized spacial score (nSPS) is 23.6. The highest BCUT2D eigenvalue weighted by Crippen LogP contribution is 2.17. The molecule has 0 radical (unpaired) electrons. The average Bonchev–Trinajstić information content (AvgIpc) is 2.39. The molecule has 0 spiro atoms. The molecule has 0 aromatic heterocycles. The van der Waals surface area contributed by atoms with Crippen molar-refractivity contribution < 1.29 is 4.74 Å². The predicted molar refractivity (Wildman–Crippen MR) is 78.9 cm³/mol. The number of nitrogens with zero attached hydrogens (tertiary/aromatic N) is 1. The molecule has 5 N–H and O–H groups in total. The number of rotatable bonds is 8. The minimum atomic E-state index is -0.207. The molecular weight excluding hydrogens is 240 g/mol. The monoisotopic (exact) mass is 270 g/mol. The molecule has 5 heteroatoms. The molecule has 0 saturated carbocycles. The molecule has 1 fully saturated rings. The van der Waals surface area contributed by atoms with E-state index in [4.69, 9.17) is 21.6 Å². The van der Waals surface area contributed by atoms with Gasteiger partial charge in [-0.25, -0.2) is 0 Å². The van der Waals surface area contributed by atoms with E-state index in [1.165, 1.54) is 32.1 Å². The van der Waals surface area contributed by atoms with Crippen molar-refractivity contribution in [2.24, 2.45) is 11.5 Å². The van der Waals surface area contributed by atoms with Crippen LogP contribution in [0.4, 0.5) is 0 Å². The van der Waals surface area contributed by atoms with Crippen molar-refractivity contribution >= 4 is 5.96 Å². The number of nitrogens with two attached hydrogens (primary N) is 2. The SMILES string of the molecule is CCCCCCCCO[C@@H]1[C@@H](N)CCCN1C(=N)N. The van der Waals surface area contributed by atoms with Crippen LogP contribution in [0.2, 0.25) is 0 Å². The lowest BCUT2D eigenvalue weighted by molar-refractivity contribution is -0.0603. The van der Waals surface area contributed by atoms with Gasteiger partial charge in [-0.1, -0.05) is 39.0 Å². The Bertz CT molecular complexity index is 260. The third kappa shape index (κ3) is 5.78. The van der Waals surface area contributed by atoms with E-state index < -0.39 is 0 Å². The van der Waals surface area contributed by atoms with Crippen LogP contribution in [0.15, 0.2) is 0 Å². The van der Waals surface area contributed by atoms with Crippen LogP contribution in [-0.4, -0.2) is 36.3 Å². The van der Waals surface area contributed by atoms with Gasteiger partial charge in [0.05, 0.1) is 0 Å². The number of hydrogen-bond acceptors (Lipinski definition) is 3. The molecule has 1 aliphatic rings. The molecule has 1 rings (SSSR count). The minimum absolute atomic E-state index is 0.0299. The zero-order chi connectivity index (χ0) is 14.1. The van der Waals surface area contributed by atoms with E-state index in [-0.39, 0.29) is 18.2 Å². The summed E-state index contributed by atoms with van der Waals surface area (Å²) in [7, 11) is 0. The second kappa shape index (κ2) is 9.15. The molecule has 0 aromatic carbocycles. The van der Waals surface area contributed by atoms with Gasteiger partial charge in [0.15, 0.2) is 5.96 Å². The number of hydrogen-bond donors (Lipinski definition) is 3. The quantitative estimate of drug-likeness (QED) is 0.357. The second-order valence-electron chi connectivity index (χ2n) is 5.41. The lowest BCUT2D eigenvalue weighted by Crippen LogP contribution is -2.57. The van der Waals surface area contributed by atoms with E-state index in [1.54, 1.807) is 4.90 Å². The number of unbranched alkanes of at least 4 members (excludes halogenated alkanes) is 5. The number of piperidine rings is 1. The summed E-state index contributed by atoms with van der Waals surface area (Å²) in [6.07, 6.45) is 9.21. The third-order valence-electron chi connectivity index (χ3n) is 3.71. The van der Waals surface area contributed by atoms with Crippen LogP contribution in [0.25, 0.3) is 0 Å². The molecule has 112 valence electrons. The zero-order valence-electron chi connectivity index (χ0n) is 12.2. The van der Waals surface area contributed by atoms with Crippen molar-refractivity contribution in [3.8, 4) is 0 Å². The maximum atomic E-state index is 7.57. The molecule has 1 heterocycles. The smallest absolute Gasteiger partial charge is 0.190 e. The Morgan fingerprint density at radius 2 is 1.95 bits per heavy atom. The fraction of sp³-hybridized carbons (Fsp3) is 0.929. The predicted octanol–water partition coefficient (Wildman–Crippen LogP) is 2.01. The second-order valence-corrected chi connectivity index (χ2v) is 5.41. The van der Waals surface area contributed by atoms with Crippen molar-refractivity contribution in [1.82, 2.24) is 4.90 Å². The zero-order valence-corrected chi connectivity index (χ0v) is 12.2. The Morgan fingerprint density at radius 1 is 1.26 bits per heavy atom. The summed E-state index contributed by atoms with van der Waals surface area (Å²) >= 11 is 0. The summed E-state index contributed by atoms with van der Waals surface area (Å²) in [5, 5.41) is 7.57. The first-order valence-electron chi connectivity index (χ1n) is 7.64. The minimum Gasteiger partial charge on any atom is -0.370 e. The average molecular weight is 270 g/mol. The van der Waals surface area contributed by atoms with Gasteiger partial charge in [-0.2, -0.15) is 0 Å². The van der Waals surface area contributed by atoms with E-state index in [1.807, 2.05) is 0 Å². The molecular formula is C14H30N4O. The van der Waals surface area contributed by atoms with Crippen molar-refractivity contribution in [3.05, 3.63) is 0 Å². The Labute approximate surface area is 117 Å². The van der Waals surface area contributed by atoms with Gasteiger partial charge in [0, 0.05) is 19.2 Å². The first-order valence-corrected chi connectivity index (χ1v) is 7.64. The highest BCUT2D eigenvalue weighted by atomic mass is 16.5. The van der Waals surface area contributed by atoms with E-state index in [2.05, 4.69) is 6.92 Å². The Morgan fingerprint density at radius 3 is 2.63 bits per heavy atom. The molecule has 0 aliphatic carbocycles. The highest BCUT2D eigenvalue weighted by molar-refractivity contribution is 5.75. The first kappa shape index (κ1) is 16.2. The van der Waals surface area contributed by atoms with Crippen LogP contribution in [0, 0.1) is 5.41 Å². The van der Waals surface area contributed by atoms with Crippen LogP contribution < -0.4 is 11.5 Å².